The zero-order valence-electron chi connectivity index (χ0n) is 10.8. The molecular weight excluding hydrogens is 264 g/mol. The predicted octanol–water partition coefficient (Wildman–Crippen LogP) is 3.21. The molecule has 0 saturated heterocycles. The molecule has 0 aliphatic heterocycles. The molecule has 0 bridgehead atoms. The van der Waals surface area contributed by atoms with Gasteiger partial charge in [-0.05, 0) is 34.4 Å². The maximum atomic E-state index is 11.1. The fourth-order valence-electron chi connectivity index (χ4n) is 2.61. The summed E-state index contributed by atoms with van der Waals surface area (Å²) >= 11 is 0. The first-order valence-corrected chi connectivity index (χ1v) is 6.19. The third-order valence-corrected chi connectivity index (χ3v) is 3.50. The molecule has 0 saturated carbocycles. The Bertz CT molecular complexity index is 880. The van der Waals surface area contributed by atoms with Crippen LogP contribution in [0.2, 0.25) is 0 Å². The third kappa shape index (κ3) is 1.79. The molecule has 0 fully saturated rings. The summed E-state index contributed by atoms with van der Waals surface area (Å²) in [6.07, 6.45) is 0. The van der Waals surface area contributed by atoms with E-state index in [1.54, 1.807) is 6.07 Å². The molecule has 1 N–H and O–H groups in total. The molecule has 21 heavy (non-hydrogen) atoms. The van der Waals surface area contributed by atoms with Gasteiger partial charge in [-0.2, -0.15) is 10.5 Å². The van der Waals surface area contributed by atoms with Crippen molar-refractivity contribution >= 4 is 11.5 Å². The number of hydrogen-bond acceptors (Lipinski definition) is 3. The highest BCUT2D eigenvalue weighted by molar-refractivity contribution is 6.05. The molecule has 0 aromatic heterocycles. The molecule has 0 heterocycles. The first-order chi connectivity index (χ1) is 10.2. The summed E-state index contributed by atoms with van der Waals surface area (Å²) in [6, 6.07) is 16.0. The van der Waals surface area contributed by atoms with Crippen molar-refractivity contribution in [3.05, 3.63) is 64.7 Å². The van der Waals surface area contributed by atoms with E-state index in [0.29, 0.717) is 11.1 Å². The molecule has 4 heteroatoms. The van der Waals surface area contributed by atoms with E-state index in [1.807, 2.05) is 36.4 Å². The summed E-state index contributed by atoms with van der Waals surface area (Å²) in [5, 5.41) is 27.5. The van der Waals surface area contributed by atoms with Gasteiger partial charge in [-0.1, -0.05) is 30.3 Å². The van der Waals surface area contributed by atoms with Gasteiger partial charge in [0.05, 0.1) is 5.56 Å². The van der Waals surface area contributed by atoms with E-state index in [-0.39, 0.29) is 11.1 Å². The number of carboxylic acid groups (broad SMARTS) is 1. The van der Waals surface area contributed by atoms with E-state index in [1.165, 1.54) is 12.1 Å². The smallest absolute Gasteiger partial charge is 0.335 e. The molecule has 0 spiro atoms. The summed E-state index contributed by atoms with van der Waals surface area (Å²) in [4.78, 5) is 11.1. The number of nitriles is 2. The number of fused-ring (bicyclic) bond motifs is 3. The Morgan fingerprint density at radius 1 is 0.905 bits per heavy atom. The average molecular weight is 272 g/mol. The zero-order chi connectivity index (χ0) is 15.0. The van der Waals surface area contributed by atoms with Gasteiger partial charge in [0.15, 0.2) is 0 Å². The van der Waals surface area contributed by atoms with Gasteiger partial charge in [0.2, 0.25) is 0 Å². The fraction of sp³-hybridized carbons (Fsp3) is 0. The van der Waals surface area contributed by atoms with Crippen LogP contribution in [0.15, 0.2) is 48.0 Å². The number of allylic oxidation sites excluding steroid dienone is 1. The molecule has 0 radical (unpaired) electrons. The van der Waals surface area contributed by atoms with Crippen LogP contribution in [0.5, 0.6) is 0 Å². The molecule has 1 aliphatic rings. The lowest BCUT2D eigenvalue weighted by Crippen LogP contribution is -1.97. The average Bonchev–Trinajstić information content (AvgIpc) is 2.83. The lowest BCUT2D eigenvalue weighted by atomic mass is 9.98. The second kappa shape index (κ2) is 4.63. The standard InChI is InChI=1S/C17H8N2O2/c18-8-11(9-19)16-14-4-2-1-3-12(14)13-6-5-10(17(20)21)7-15(13)16/h1-7H,(H,20,21). The van der Waals surface area contributed by atoms with Crippen LogP contribution in [0.4, 0.5) is 0 Å². The lowest BCUT2D eigenvalue weighted by molar-refractivity contribution is 0.0697. The van der Waals surface area contributed by atoms with Crippen LogP contribution in [0.25, 0.3) is 16.7 Å². The molecule has 2 aromatic rings. The maximum absolute atomic E-state index is 11.1. The summed E-state index contributed by atoms with van der Waals surface area (Å²) in [5.74, 6) is -1.04. The predicted molar refractivity (Wildman–Crippen MR) is 76.1 cm³/mol. The maximum Gasteiger partial charge on any atom is 0.335 e. The van der Waals surface area contributed by atoms with Gasteiger partial charge in [0.1, 0.15) is 17.7 Å². The van der Waals surface area contributed by atoms with Crippen LogP contribution in [0.1, 0.15) is 21.5 Å². The van der Waals surface area contributed by atoms with Crippen LogP contribution < -0.4 is 0 Å². The number of nitrogens with zero attached hydrogens (tertiary/aromatic N) is 2. The number of carboxylic acids is 1. The van der Waals surface area contributed by atoms with Crippen molar-refractivity contribution in [1.29, 1.82) is 10.5 Å². The van der Waals surface area contributed by atoms with Crippen LogP contribution in [-0.4, -0.2) is 11.1 Å². The minimum atomic E-state index is -1.04. The van der Waals surface area contributed by atoms with Gasteiger partial charge < -0.3 is 5.11 Å². The van der Waals surface area contributed by atoms with Gasteiger partial charge in [0, 0.05) is 5.57 Å². The first kappa shape index (κ1) is 12.7. The summed E-state index contributed by atoms with van der Waals surface area (Å²) in [7, 11) is 0. The van der Waals surface area contributed by atoms with E-state index < -0.39 is 5.97 Å². The number of hydrogen-bond donors (Lipinski definition) is 1. The molecule has 2 aromatic carbocycles. The van der Waals surface area contributed by atoms with Crippen molar-refractivity contribution in [3.63, 3.8) is 0 Å². The Morgan fingerprint density at radius 2 is 1.52 bits per heavy atom. The van der Waals surface area contributed by atoms with Gasteiger partial charge in [0.25, 0.3) is 0 Å². The zero-order valence-corrected chi connectivity index (χ0v) is 10.8. The molecule has 4 nitrogen and oxygen atoms in total. The van der Waals surface area contributed by atoms with E-state index in [0.717, 1.165) is 16.7 Å². The van der Waals surface area contributed by atoms with E-state index in [2.05, 4.69) is 0 Å². The molecule has 98 valence electrons. The van der Waals surface area contributed by atoms with Gasteiger partial charge in [-0.25, -0.2) is 4.79 Å². The highest BCUT2D eigenvalue weighted by Gasteiger charge is 2.27. The third-order valence-electron chi connectivity index (χ3n) is 3.50. The fourth-order valence-corrected chi connectivity index (χ4v) is 2.61. The van der Waals surface area contributed by atoms with Crippen molar-refractivity contribution in [2.75, 3.05) is 0 Å². The Morgan fingerprint density at radius 3 is 2.14 bits per heavy atom. The molecular formula is C17H8N2O2. The van der Waals surface area contributed by atoms with Crippen LogP contribution in [0.3, 0.4) is 0 Å². The normalized spacial score (nSPS) is 11.0. The van der Waals surface area contributed by atoms with Gasteiger partial charge >= 0.3 is 5.97 Å². The van der Waals surface area contributed by atoms with Crippen molar-refractivity contribution in [1.82, 2.24) is 0 Å². The first-order valence-electron chi connectivity index (χ1n) is 6.19. The van der Waals surface area contributed by atoms with E-state index in [4.69, 9.17) is 15.6 Å². The van der Waals surface area contributed by atoms with Crippen molar-refractivity contribution in [2.45, 2.75) is 0 Å². The quantitative estimate of drug-likeness (QED) is 0.689. The van der Waals surface area contributed by atoms with Crippen LogP contribution >= 0.6 is 0 Å². The topological polar surface area (TPSA) is 84.9 Å². The number of benzene rings is 2. The van der Waals surface area contributed by atoms with Gasteiger partial charge in [-0.3, -0.25) is 0 Å². The van der Waals surface area contributed by atoms with Crippen molar-refractivity contribution < 1.29 is 9.90 Å². The highest BCUT2D eigenvalue weighted by Crippen LogP contribution is 2.45. The molecule has 0 amide bonds. The Kier molecular flexibility index (Phi) is 2.79. The minimum absolute atomic E-state index is 0.0104. The van der Waals surface area contributed by atoms with Crippen LogP contribution in [0, 0.1) is 22.7 Å². The van der Waals surface area contributed by atoms with Crippen LogP contribution in [-0.2, 0) is 0 Å². The molecule has 0 atom stereocenters. The molecule has 3 rings (SSSR count). The summed E-state index contributed by atoms with van der Waals surface area (Å²) in [5.41, 5.74) is 3.78. The summed E-state index contributed by atoms with van der Waals surface area (Å²) < 4.78 is 0. The number of rotatable bonds is 1. The largest absolute Gasteiger partial charge is 0.478 e. The van der Waals surface area contributed by atoms with E-state index in [9.17, 15) is 4.79 Å². The Balaban J connectivity index is 2.42. The molecule has 0 unspecified atom stereocenters. The SMILES string of the molecule is N#CC(C#N)=C1c2ccccc2-c2ccc(C(=O)O)cc21. The van der Waals surface area contributed by atoms with Crippen molar-refractivity contribution in [2.24, 2.45) is 0 Å². The highest BCUT2D eigenvalue weighted by atomic mass is 16.4. The molecule has 1 aliphatic carbocycles. The monoisotopic (exact) mass is 272 g/mol. The second-order valence-corrected chi connectivity index (χ2v) is 4.58. The van der Waals surface area contributed by atoms with Crippen molar-refractivity contribution in [3.8, 4) is 23.3 Å². The van der Waals surface area contributed by atoms with Gasteiger partial charge in [-0.15, -0.1) is 0 Å². The summed E-state index contributed by atoms with van der Waals surface area (Å²) in [6.45, 7) is 0. The Hall–Kier alpha value is -3.37. The second-order valence-electron chi connectivity index (χ2n) is 4.58. The number of aromatic carboxylic acids is 1. The lowest BCUT2D eigenvalue weighted by Gasteiger charge is -2.03. The Labute approximate surface area is 120 Å². The number of carbonyl (C=O) groups is 1. The minimum Gasteiger partial charge on any atom is -0.478 e. The van der Waals surface area contributed by atoms with E-state index >= 15 is 0 Å².